The largest absolute Gasteiger partial charge is 0.399 e. The molecule has 1 heterocycles. The van der Waals surface area contributed by atoms with E-state index in [2.05, 4.69) is 34.3 Å². The van der Waals surface area contributed by atoms with E-state index < -0.39 is 0 Å². The molecule has 0 radical (unpaired) electrons. The van der Waals surface area contributed by atoms with E-state index in [1.54, 1.807) is 24.3 Å². The third kappa shape index (κ3) is 4.34. The van der Waals surface area contributed by atoms with Crippen molar-refractivity contribution in [3.63, 3.8) is 0 Å². The topological polar surface area (TPSA) is 61.6 Å². The Morgan fingerprint density at radius 3 is 2.25 bits per heavy atom. The van der Waals surface area contributed by atoms with Crippen LogP contribution in [0.4, 0.5) is 11.4 Å². The molecule has 1 fully saturated rings. The quantitative estimate of drug-likeness (QED) is 0.847. The molecular formula is C19H24N4O. The molecule has 0 aromatic heterocycles. The predicted molar refractivity (Wildman–Crippen MR) is 98.0 cm³/mol. The van der Waals surface area contributed by atoms with Crippen LogP contribution in [0.15, 0.2) is 48.5 Å². The van der Waals surface area contributed by atoms with E-state index in [-0.39, 0.29) is 5.91 Å². The molecule has 5 heteroatoms. The molecule has 1 aliphatic heterocycles. The first-order chi connectivity index (χ1) is 11.6. The summed E-state index contributed by atoms with van der Waals surface area (Å²) in [5.74, 6) is -0.123. The van der Waals surface area contributed by atoms with Gasteiger partial charge in [0, 0.05) is 49.7 Å². The van der Waals surface area contributed by atoms with Crippen LogP contribution in [0.2, 0.25) is 0 Å². The third-order valence-electron chi connectivity index (χ3n) is 4.39. The zero-order chi connectivity index (χ0) is 16.9. The predicted octanol–water partition coefficient (Wildman–Crippen LogP) is 2.27. The number of nitrogens with zero attached hydrogens (tertiary/aromatic N) is 2. The number of nitrogen functional groups attached to an aromatic ring is 1. The minimum atomic E-state index is -0.123. The highest BCUT2D eigenvalue weighted by atomic mass is 16.1. The van der Waals surface area contributed by atoms with Crippen LogP contribution in [-0.2, 0) is 6.54 Å². The van der Waals surface area contributed by atoms with Gasteiger partial charge < -0.3 is 16.0 Å². The molecule has 0 unspecified atom stereocenters. The Morgan fingerprint density at radius 1 is 1.00 bits per heavy atom. The molecule has 126 valence electrons. The maximum atomic E-state index is 12.2. The summed E-state index contributed by atoms with van der Waals surface area (Å²) in [6.07, 6.45) is 0. The molecule has 5 nitrogen and oxygen atoms in total. The Bertz CT molecular complexity index is 674. The van der Waals surface area contributed by atoms with Gasteiger partial charge in [-0.2, -0.15) is 0 Å². The number of carbonyl (C=O) groups is 1. The summed E-state index contributed by atoms with van der Waals surface area (Å²) in [6, 6.07) is 15.0. The van der Waals surface area contributed by atoms with Gasteiger partial charge in [0.15, 0.2) is 0 Å². The lowest BCUT2D eigenvalue weighted by molar-refractivity contribution is 0.102. The van der Waals surface area contributed by atoms with Crippen molar-refractivity contribution in [2.24, 2.45) is 0 Å². The highest BCUT2D eigenvalue weighted by Gasteiger charge is 2.13. The van der Waals surface area contributed by atoms with Gasteiger partial charge in [-0.25, -0.2) is 0 Å². The van der Waals surface area contributed by atoms with Gasteiger partial charge in [0.2, 0.25) is 0 Å². The number of amides is 1. The maximum absolute atomic E-state index is 12.2. The third-order valence-corrected chi connectivity index (χ3v) is 4.39. The lowest BCUT2D eigenvalue weighted by Gasteiger charge is -2.32. The molecule has 1 aliphatic rings. The van der Waals surface area contributed by atoms with Crippen LogP contribution >= 0.6 is 0 Å². The van der Waals surface area contributed by atoms with Crippen molar-refractivity contribution in [3.8, 4) is 0 Å². The molecule has 0 bridgehead atoms. The van der Waals surface area contributed by atoms with Gasteiger partial charge in [0.25, 0.3) is 5.91 Å². The van der Waals surface area contributed by atoms with Crippen molar-refractivity contribution in [2.45, 2.75) is 6.54 Å². The van der Waals surface area contributed by atoms with Crippen molar-refractivity contribution in [1.29, 1.82) is 0 Å². The highest BCUT2D eigenvalue weighted by molar-refractivity contribution is 6.04. The maximum Gasteiger partial charge on any atom is 0.255 e. The minimum absolute atomic E-state index is 0.123. The molecule has 1 saturated heterocycles. The molecule has 2 aromatic carbocycles. The van der Waals surface area contributed by atoms with Crippen LogP contribution in [0, 0.1) is 0 Å². The number of piperazine rings is 1. The summed E-state index contributed by atoms with van der Waals surface area (Å²) in [5.41, 5.74) is 8.97. The van der Waals surface area contributed by atoms with Gasteiger partial charge in [0.05, 0.1) is 0 Å². The molecule has 0 saturated carbocycles. The normalized spacial score (nSPS) is 16.0. The Hall–Kier alpha value is -2.37. The molecule has 3 rings (SSSR count). The Balaban J connectivity index is 1.56. The van der Waals surface area contributed by atoms with Crippen LogP contribution in [0.3, 0.4) is 0 Å². The number of anilines is 2. The SMILES string of the molecule is CN1CCN(Cc2ccc(NC(=O)c3ccc(N)cc3)cc2)CC1. The molecule has 0 aliphatic carbocycles. The first-order valence-corrected chi connectivity index (χ1v) is 8.27. The van der Waals surface area contributed by atoms with Crippen molar-refractivity contribution >= 4 is 17.3 Å². The molecule has 3 N–H and O–H groups in total. The fourth-order valence-electron chi connectivity index (χ4n) is 2.80. The summed E-state index contributed by atoms with van der Waals surface area (Å²) in [5, 5.41) is 2.91. The van der Waals surface area contributed by atoms with E-state index in [9.17, 15) is 4.79 Å². The lowest BCUT2D eigenvalue weighted by atomic mass is 10.1. The Morgan fingerprint density at radius 2 is 1.62 bits per heavy atom. The van der Waals surface area contributed by atoms with E-state index in [1.807, 2.05) is 12.1 Å². The number of hydrogen-bond donors (Lipinski definition) is 2. The zero-order valence-electron chi connectivity index (χ0n) is 14.0. The monoisotopic (exact) mass is 324 g/mol. The number of likely N-dealkylation sites (N-methyl/N-ethyl adjacent to an activating group) is 1. The van der Waals surface area contributed by atoms with Gasteiger partial charge >= 0.3 is 0 Å². The summed E-state index contributed by atoms with van der Waals surface area (Å²) < 4.78 is 0. The van der Waals surface area contributed by atoms with Crippen LogP contribution in [-0.4, -0.2) is 48.9 Å². The van der Waals surface area contributed by atoms with Crippen molar-refractivity contribution in [1.82, 2.24) is 9.80 Å². The van der Waals surface area contributed by atoms with Crippen molar-refractivity contribution in [3.05, 3.63) is 59.7 Å². The summed E-state index contributed by atoms with van der Waals surface area (Å²) in [4.78, 5) is 17.0. The van der Waals surface area contributed by atoms with Crippen molar-refractivity contribution in [2.75, 3.05) is 44.3 Å². The second-order valence-electron chi connectivity index (χ2n) is 6.35. The summed E-state index contributed by atoms with van der Waals surface area (Å²) >= 11 is 0. The molecule has 2 aromatic rings. The molecule has 0 spiro atoms. The zero-order valence-corrected chi connectivity index (χ0v) is 14.0. The number of nitrogens with two attached hydrogens (primary N) is 1. The average molecular weight is 324 g/mol. The molecule has 24 heavy (non-hydrogen) atoms. The first-order valence-electron chi connectivity index (χ1n) is 8.27. The lowest BCUT2D eigenvalue weighted by Crippen LogP contribution is -2.43. The van der Waals surface area contributed by atoms with Gasteiger partial charge in [-0.3, -0.25) is 9.69 Å². The van der Waals surface area contributed by atoms with E-state index >= 15 is 0 Å². The summed E-state index contributed by atoms with van der Waals surface area (Å²) in [6.45, 7) is 5.41. The molecule has 1 amide bonds. The molecule has 0 atom stereocenters. The second kappa shape index (κ2) is 7.47. The van der Waals surface area contributed by atoms with E-state index in [4.69, 9.17) is 5.73 Å². The summed E-state index contributed by atoms with van der Waals surface area (Å²) in [7, 11) is 2.16. The number of carbonyl (C=O) groups excluding carboxylic acids is 1. The Kier molecular flexibility index (Phi) is 5.13. The van der Waals surface area contributed by atoms with E-state index in [0.29, 0.717) is 11.3 Å². The van der Waals surface area contributed by atoms with Crippen LogP contribution in [0.5, 0.6) is 0 Å². The smallest absolute Gasteiger partial charge is 0.255 e. The van der Waals surface area contributed by atoms with Gasteiger partial charge in [-0.1, -0.05) is 12.1 Å². The number of nitrogens with one attached hydrogen (secondary N) is 1. The van der Waals surface area contributed by atoms with E-state index in [1.165, 1.54) is 5.56 Å². The van der Waals surface area contributed by atoms with Crippen LogP contribution in [0.1, 0.15) is 15.9 Å². The molecular weight excluding hydrogens is 300 g/mol. The number of rotatable bonds is 4. The number of hydrogen-bond acceptors (Lipinski definition) is 4. The highest BCUT2D eigenvalue weighted by Crippen LogP contribution is 2.14. The van der Waals surface area contributed by atoms with Gasteiger partial charge in [0.1, 0.15) is 0 Å². The van der Waals surface area contributed by atoms with Crippen LogP contribution in [0.25, 0.3) is 0 Å². The standard InChI is InChI=1S/C19H24N4O/c1-22-10-12-23(13-11-22)14-15-2-8-18(9-3-15)21-19(24)16-4-6-17(20)7-5-16/h2-9H,10-14,20H2,1H3,(H,21,24). The average Bonchev–Trinajstić information content (AvgIpc) is 2.59. The first kappa shape index (κ1) is 16.5. The second-order valence-corrected chi connectivity index (χ2v) is 6.35. The Labute approximate surface area is 143 Å². The number of benzene rings is 2. The minimum Gasteiger partial charge on any atom is -0.399 e. The van der Waals surface area contributed by atoms with Gasteiger partial charge in [-0.15, -0.1) is 0 Å². The van der Waals surface area contributed by atoms with Crippen LogP contribution < -0.4 is 11.1 Å². The van der Waals surface area contributed by atoms with E-state index in [0.717, 1.165) is 38.4 Å². The van der Waals surface area contributed by atoms with Gasteiger partial charge in [-0.05, 0) is 49.0 Å². The fourth-order valence-corrected chi connectivity index (χ4v) is 2.80. The van der Waals surface area contributed by atoms with Crippen molar-refractivity contribution < 1.29 is 4.79 Å². The fraction of sp³-hybridized carbons (Fsp3) is 0.316.